The molecule has 8 heteroatoms. The van der Waals surface area contributed by atoms with E-state index in [4.69, 9.17) is 16.6 Å². The van der Waals surface area contributed by atoms with Gasteiger partial charge in [0.05, 0.1) is 26.5 Å². The minimum absolute atomic E-state index is 0.141. The first-order chi connectivity index (χ1) is 16.2. The van der Waals surface area contributed by atoms with Gasteiger partial charge in [0.25, 0.3) is 5.91 Å². The van der Waals surface area contributed by atoms with E-state index >= 15 is 0 Å². The molecule has 33 heavy (non-hydrogen) atoms. The zero-order valence-electron chi connectivity index (χ0n) is 17.8. The Morgan fingerprint density at radius 1 is 1.00 bits per heavy atom. The molecule has 4 heterocycles. The maximum Gasteiger partial charge on any atom is 0.264 e. The lowest BCUT2D eigenvalue weighted by molar-refractivity contribution is 0.0632. The van der Waals surface area contributed by atoms with Gasteiger partial charge in [-0.1, -0.05) is 59.3 Å². The minimum Gasteiger partial charge on any atom is -0.335 e. The molecule has 3 aromatic heterocycles. The summed E-state index contributed by atoms with van der Waals surface area (Å²) in [6.07, 6.45) is 0. The number of fused-ring (bicyclic) bond motifs is 3. The van der Waals surface area contributed by atoms with E-state index in [1.54, 1.807) is 11.3 Å². The van der Waals surface area contributed by atoms with Crippen LogP contribution in [0.5, 0.6) is 0 Å². The van der Waals surface area contributed by atoms with Crippen molar-refractivity contribution < 1.29 is 4.79 Å². The highest BCUT2D eigenvalue weighted by Crippen LogP contribution is 2.35. The summed E-state index contributed by atoms with van der Waals surface area (Å²) in [5.74, 6) is 0.141. The molecule has 6 rings (SSSR count). The highest BCUT2D eigenvalue weighted by Gasteiger charge is 2.25. The highest BCUT2D eigenvalue weighted by atomic mass is 35.5. The predicted octanol–water partition coefficient (Wildman–Crippen LogP) is 5.89. The molecule has 0 saturated carbocycles. The first-order valence-corrected chi connectivity index (χ1v) is 12.9. The first-order valence-electron chi connectivity index (χ1n) is 10.9. The molecular formula is C25H21ClN4OS2. The summed E-state index contributed by atoms with van der Waals surface area (Å²) < 4.78 is 3.42. The van der Waals surface area contributed by atoms with Gasteiger partial charge in [-0.3, -0.25) is 14.1 Å². The summed E-state index contributed by atoms with van der Waals surface area (Å²) in [6.45, 7) is 3.93. The number of hydrogen-bond donors (Lipinski definition) is 0. The van der Waals surface area contributed by atoms with Crippen molar-refractivity contribution in [3.8, 4) is 11.3 Å². The number of imidazole rings is 1. The lowest BCUT2D eigenvalue weighted by Crippen LogP contribution is -2.48. The van der Waals surface area contributed by atoms with E-state index in [0.717, 1.165) is 69.1 Å². The largest absolute Gasteiger partial charge is 0.335 e. The Balaban J connectivity index is 1.33. The standard InChI is InChI=1S/C25H21ClN4OS2/c26-18-8-9-19-22(15-18)33-25-27-23(17-5-2-1-3-6-17)20(30(19)25)16-28-10-12-29(13-11-28)24(31)21-7-4-14-32-21/h1-9,14-15H,10-13,16H2. The van der Waals surface area contributed by atoms with Gasteiger partial charge >= 0.3 is 0 Å². The van der Waals surface area contributed by atoms with Crippen molar-refractivity contribution in [2.75, 3.05) is 26.2 Å². The average molecular weight is 493 g/mol. The van der Waals surface area contributed by atoms with Crippen LogP contribution >= 0.6 is 34.3 Å². The summed E-state index contributed by atoms with van der Waals surface area (Å²) in [6, 6.07) is 20.2. The number of halogens is 1. The van der Waals surface area contributed by atoms with Crippen LogP contribution in [0.4, 0.5) is 0 Å². The number of thiazole rings is 1. The van der Waals surface area contributed by atoms with Gasteiger partial charge in [0, 0.05) is 43.3 Å². The highest BCUT2D eigenvalue weighted by molar-refractivity contribution is 7.23. The second-order valence-corrected chi connectivity index (χ2v) is 10.5. The number of rotatable bonds is 4. The maximum absolute atomic E-state index is 12.7. The van der Waals surface area contributed by atoms with Gasteiger partial charge in [-0.05, 0) is 29.6 Å². The van der Waals surface area contributed by atoms with Crippen LogP contribution in [0.25, 0.3) is 26.4 Å². The van der Waals surface area contributed by atoms with Crippen LogP contribution in [0, 0.1) is 0 Å². The van der Waals surface area contributed by atoms with Crippen LogP contribution in [0.1, 0.15) is 15.4 Å². The molecule has 1 aliphatic heterocycles. The number of carbonyl (C=O) groups excluding carboxylic acids is 1. The van der Waals surface area contributed by atoms with E-state index in [1.807, 2.05) is 40.6 Å². The normalized spacial score (nSPS) is 15.0. The molecule has 5 aromatic rings. The van der Waals surface area contributed by atoms with Gasteiger partial charge in [0.2, 0.25) is 0 Å². The zero-order valence-corrected chi connectivity index (χ0v) is 20.2. The molecule has 1 aliphatic rings. The van der Waals surface area contributed by atoms with E-state index in [-0.39, 0.29) is 5.91 Å². The molecule has 1 fully saturated rings. The van der Waals surface area contributed by atoms with Crippen molar-refractivity contribution >= 4 is 55.4 Å². The molecule has 0 N–H and O–H groups in total. The molecule has 1 saturated heterocycles. The lowest BCUT2D eigenvalue weighted by Gasteiger charge is -2.34. The molecule has 0 spiro atoms. The molecule has 2 aromatic carbocycles. The summed E-state index contributed by atoms with van der Waals surface area (Å²) in [7, 11) is 0. The number of nitrogens with zero attached hydrogens (tertiary/aromatic N) is 4. The fourth-order valence-electron chi connectivity index (χ4n) is 4.45. The van der Waals surface area contributed by atoms with Crippen molar-refractivity contribution in [2.45, 2.75) is 6.54 Å². The van der Waals surface area contributed by atoms with E-state index in [2.05, 4.69) is 39.6 Å². The van der Waals surface area contributed by atoms with Crippen molar-refractivity contribution in [3.63, 3.8) is 0 Å². The fourth-order valence-corrected chi connectivity index (χ4v) is 6.46. The first kappa shape index (κ1) is 20.9. The summed E-state index contributed by atoms with van der Waals surface area (Å²) in [5, 5.41) is 2.70. The Hall–Kier alpha value is -2.71. The third-order valence-corrected chi connectivity index (χ3v) is 8.21. The van der Waals surface area contributed by atoms with E-state index < -0.39 is 0 Å². The number of piperazine rings is 1. The zero-order chi connectivity index (χ0) is 22.4. The average Bonchev–Trinajstić information content (AvgIpc) is 3.56. The molecule has 0 atom stereocenters. The third kappa shape index (κ3) is 3.85. The number of aromatic nitrogens is 2. The summed E-state index contributed by atoms with van der Waals surface area (Å²) >= 11 is 9.43. The summed E-state index contributed by atoms with van der Waals surface area (Å²) in [5.41, 5.74) is 4.46. The number of hydrogen-bond acceptors (Lipinski definition) is 5. The monoisotopic (exact) mass is 492 g/mol. The van der Waals surface area contributed by atoms with Gasteiger partial charge in [-0.2, -0.15) is 0 Å². The Bertz CT molecular complexity index is 1430. The van der Waals surface area contributed by atoms with Crippen LogP contribution in [0.2, 0.25) is 5.02 Å². The van der Waals surface area contributed by atoms with Gasteiger partial charge < -0.3 is 4.90 Å². The molecule has 5 nitrogen and oxygen atoms in total. The molecule has 0 radical (unpaired) electrons. The predicted molar refractivity (Wildman–Crippen MR) is 137 cm³/mol. The number of carbonyl (C=O) groups is 1. The van der Waals surface area contributed by atoms with E-state index in [0.29, 0.717) is 0 Å². The van der Waals surface area contributed by atoms with Crippen molar-refractivity contribution in [2.24, 2.45) is 0 Å². The van der Waals surface area contributed by atoms with E-state index in [9.17, 15) is 4.79 Å². The van der Waals surface area contributed by atoms with Crippen LogP contribution < -0.4 is 0 Å². The number of benzene rings is 2. The molecule has 166 valence electrons. The maximum atomic E-state index is 12.7. The Morgan fingerprint density at radius 2 is 1.82 bits per heavy atom. The Labute approximate surface area is 204 Å². The van der Waals surface area contributed by atoms with Gasteiger partial charge in [-0.15, -0.1) is 11.3 Å². The van der Waals surface area contributed by atoms with Crippen molar-refractivity contribution in [3.05, 3.63) is 81.6 Å². The minimum atomic E-state index is 0.141. The van der Waals surface area contributed by atoms with Gasteiger partial charge in [-0.25, -0.2) is 4.98 Å². The lowest BCUT2D eigenvalue weighted by atomic mass is 10.1. The molecule has 0 aliphatic carbocycles. The second-order valence-electron chi connectivity index (χ2n) is 8.15. The number of amides is 1. The Morgan fingerprint density at radius 3 is 2.58 bits per heavy atom. The topological polar surface area (TPSA) is 40.9 Å². The fraction of sp³-hybridized carbons (Fsp3) is 0.200. The molecule has 0 bridgehead atoms. The van der Waals surface area contributed by atoms with Crippen LogP contribution in [0.15, 0.2) is 66.0 Å². The second kappa shape index (κ2) is 8.57. The number of thiophene rings is 1. The smallest absolute Gasteiger partial charge is 0.264 e. The van der Waals surface area contributed by atoms with Gasteiger partial charge in [0.1, 0.15) is 0 Å². The molecular weight excluding hydrogens is 472 g/mol. The molecule has 1 amide bonds. The van der Waals surface area contributed by atoms with Crippen LogP contribution in [-0.2, 0) is 6.54 Å². The summed E-state index contributed by atoms with van der Waals surface area (Å²) in [4.78, 5) is 24.0. The SMILES string of the molecule is O=C(c1cccs1)N1CCN(Cc2c(-c3ccccc3)nc3sc4cc(Cl)ccc4n23)CC1. The van der Waals surface area contributed by atoms with Crippen LogP contribution in [-0.4, -0.2) is 51.3 Å². The van der Waals surface area contributed by atoms with Gasteiger partial charge in [0.15, 0.2) is 4.96 Å². The molecule has 0 unspecified atom stereocenters. The van der Waals surface area contributed by atoms with Crippen molar-refractivity contribution in [1.82, 2.24) is 19.2 Å². The quantitative estimate of drug-likeness (QED) is 0.314. The third-order valence-electron chi connectivity index (χ3n) is 6.12. The Kier molecular flexibility index (Phi) is 5.42. The van der Waals surface area contributed by atoms with Crippen LogP contribution in [0.3, 0.4) is 0 Å². The van der Waals surface area contributed by atoms with E-state index in [1.165, 1.54) is 17.0 Å². The van der Waals surface area contributed by atoms with Crippen molar-refractivity contribution in [1.29, 1.82) is 0 Å².